The van der Waals surface area contributed by atoms with E-state index in [0.717, 1.165) is 5.56 Å². The fraction of sp³-hybridized carbons (Fsp3) is 0.667. The first kappa shape index (κ1) is 17.6. The molecule has 0 aromatic carbocycles. The average Bonchev–Trinajstić information content (AvgIpc) is 2.72. The first-order chi connectivity index (χ1) is 10.6. The second-order valence-electron chi connectivity index (χ2n) is 7.65. The summed E-state index contributed by atoms with van der Waals surface area (Å²) >= 11 is 0. The van der Waals surface area contributed by atoms with Crippen LogP contribution in [-0.4, -0.2) is 34.6 Å². The van der Waals surface area contributed by atoms with Gasteiger partial charge in [-0.2, -0.15) is 5.26 Å². The number of hydrogen-bond acceptors (Lipinski definition) is 5. The molecule has 5 heteroatoms. The molecule has 23 heavy (non-hydrogen) atoms. The molecule has 1 saturated heterocycles. The zero-order chi connectivity index (χ0) is 17.4. The van der Waals surface area contributed by atoms with Gasteiger partial charge in [0.25, 0.3) is 0 Å². The zero-order valence-corrected chi connectivity index (χ0v) is 14.9. The van der Waals surface area contributed by atoms with Crippen LogP contribution in [0.25, 0.3) is 0 Å². The van der Waals surface area contributed by atoms with Gasteiger partial charge in [-0.15, -0.1) is 0 Å². The van der Waals surface area contributed by atoms with Crippen molar-refractivity contribution >= 4 is 5.97 Å². The van der Waals surface area contributed by atoms with Crippen LogP contribution in [0.5, 0.6) is 0 Å². The van der Waals surface area contributed by atoms with E-state index in [1.807, 2.05) is 6.92 Å². The first-order valence-electron chi connectivity index (χ1n) is 7.99. The standard InChI is InChI=1S/C18H26N2O3/c1-12-11-22-13(2)15(12)16(21)23-14-9-17(3,4)20(8-7-19)18(5,6)10-14/h11,14H,8-10H2,1-6H3. The molecule has 1 aliphatic rings. The van der Waals surface area contributed by atoms with Gasteiger partial charge in [0, 0.05) is 29.5 Å². The predicted molar refractivity (Wildman–Crippen MR) is 87.1 cm³/mol. The summed E-state index contributed by atoms with van der Waals surface area (Å²) < 4.78 is 11.1. The number of furan rings is 1. The summed E-state index contributed by atoms with van der Waals surface area (Å²) in [6.07, 6.45) is 2.82. The summed E-state index contributed by atoms with van der Waals surface area (Å²) in [7, 11) is 0. The maximum atomic E-state index is 12.5. The number of hydrogen-bond donors (Lipinski definition) is 0. The largest absolute Gasteiger partial charge is 0.468 e. The van der Waals surface area contributed by atoms with Gasteiger partial charge < -0.3 is 9.15 Å². The van der Waals surface area contributed by atoms with Gasteiger partial charge in [-0.3, -0.25) is 4.90 Å². The minimum Gasteiger partial charge on any atom is -0.468 e. The molecule has 0 aliphatic carbocycles. The smallest absolute Gasteiger partial charge is 0.342 e. The Morgan fingerprint density at radius 2 is 1.91 bits per heavy atom. The minimum atomic E-state index is -0.320. The molecule has 126 valence electrons. The van der Waals surface area contributed by atoms with E-state index in [1.165, 1.54) is 0 Å². The van der Waals surface area contributed by atoms with Crippen molar-refractivity contribution in [3.63, 3.8) is 0 Å². The Morgan fingerprint density at radius 3 is 2.35 bits per heavy atom. The molecular weight excluding hydrogens is 292 g/mol. The topological polar surface area (TPSA) is 66.5 Å². The third kappa shape index (κ3) is 3.42. The Balaban J connectivity index is 2.17. The molecule has 0 saturated carbocycles. The van der Waals surface area contributed by atoms with Crippen LogP contribution in [0.3, 0.4) is 0 Å². The molecular formula is C18H26N2O3. The molecule has 0 atom stereocenters. The number of aryl methyl sites for hydroxylation is 2. The SMILES string of the molecule is Cc1coc(C)c1C(=O)OC1CC(C)(C)N(CC#N)C(C)(C)C1. The van der Waals surface area contributed by atoms with Crippen LogP contribution in [0.15, 0.2) is 10.7 Å². The molecule has 0 amide bonds. The maximum Gasteiger partial charge on any atom is 0.342 e. The molecule has 1 aliphatic heterocycles. The summed E-state index contributed by atoms with van der Waals surface area (Å²) in [4.78, 5) is 14.7. The van der Waals surface area contributed by atoms with E-state index in [9.17, 15) is 4.79 Å². The predicted octanol–water partition coefficient (Wildman–Crippen LogP) is 3.60. The number of rotatable bonds is 3. The molecule has 2 rings (SSSR count). The van der Waals surface area contributed by atoms with Crippen LogP contribution in [-0.2, 0) is 4.74 Å². The highest BCUT2D eigenvalue weighted by Gasteiger charge is 2.46. The van der Waals surface area contributed by atoms with Crippen LogP contribution in [0.4, 0.5) is 0 Å². The number of nitriles is 1. The average molecular weight is 318 g/mol. The summed E-state index contributed by atoms with van der Waals surface area (Å²) in [5, 5.41) is 9.09. The number of carbonyl (C=O) groups excluding carboxylic acids is 1. The summed E-state index contributed by atoms with van der Waals surface area (Å²) in [6.45, 7) is 12.4. The van der Waals surface area contributed by atoms with Crippen LogP contribution in [0.2, 0.25) is 0 Å². The lowest BCUT2D eigenvalue weighted by atomic mass is 9.78. The van der Waals surface area contributed by atoms with E-state index in [4.69, 9.17) is 14.4 Å². The van der Waals surface area contributed by atoms with Crippen molar-refractivity contribution in [1.29, 1.82) is 5.26 Å². The Morgan fingerprint density at radius 1 is 1.35 bits per heavy atom. The lowest BCUT2D eigenvalue weighted by Crippen LogP contribution is -2.62. The lowest BCUT2D eigenvalue weighted by Gasteiger charge is -2.53. The van der Waals surface area contributed by atoms with Crippen molar-refractivity contribution in [3.05, 3.63) is 23.2 Å². The van der Waals surface area contributed by atoms with Crippen molar-refractivity contribution in [2.75, 3.05) is 6.54 Å². The van der Waals surface area contributed by atoms with Gasteiger partial charge in [-0.1, -0.05) is 0 Å². The van der Waals surface area contributed by atoms with Gasteiger partial charge in [-0.05, 0) is 41.5 Å². The highest BCUT2D eigenvalue weighted by Crippen LogP contribution is 2.39. The monoisotopic (exact) mass is 318 g/mol. The van der Waals surface area contributed by atoms with Crippen LogP contribution in [0.1, 0.15) is 62.2 Å². The number of nitrogens with zero attached hydrogens (tertiary/aromatic N) is 2. The Bertz CT molecular complexity index is 600. The van der Waals surface area contributed by atoms with E-state index in [0.29, 0.717) is 30.7 Å². The maximum absolute atomic E-state index is 12.5. The Kier molecular flexibility index (Phi) is 4.59. The van der Waals surface area contributed by atoms with Crippen molar-refractivity contribution in [2.45, 2.75) is 71.6 Å². The van der Waals surface area contributed by atoms with Gasteiger partial charge in [-0.25, -0.2) is 4.79 Å². The van der Waals surface area contributed by atoms with Crippen molar-refractivity contribution in [1.82, 2.24) is 4.90 Å². The second-order valence-corrected chi connectivity index (χ2v) is 7.65. The van der Waals surface area contributed by atoms with Crippen molar-refractivity contribution < 1.29 is 13.9 Å². The van der Waals surface area contributed by atoms with Crippen molar-refractivity contribution in [2.24, 2.45) is 0 Å². The quantitative estimate of drug-likeness (QED) is 0.629. The molecule has 1 aromatic heterocycles. The first-order valence-corrected chi connectivity index (χ1v) is 7.99. The number of likely N-dealkylation sites (tertiary alicyclic amines) is 1. The number of ether oxygens (including phenoxy) is 1. The summed E-state index contributed by atoms with van der Waals surface area (Å²) in [5.41, 5.74) is 0.916. The van der Waals surface area contributed by atoms with Crippen LogP contribution < -0.4 is 0 Å². The third-order valence-corrected chi connectivity index (χ3v) is 4.78. The van der Waals surface area contributed by atoms with E-state index in [-0.39, 0.29) is 23.2 Å². The van der Waals surface area contributed by atoms with Gasteiger partial charge in [0.1, 0.15) is 17.4 Å². The van der Waals surface area contributed by atoms with Crippen LogP contribution >= 0.6 is 0 Å². The molecule has 5 nitrogen and oxygen atoms in total. The Labute approximate surface area is 138 Å². The highest BCUT2D eigenvalue weighted by molar-refractivity contribution is 5.92. The van der Waals surface area contributed by atoms with E-state index in [1.54, 1.807) is 13.2 Å². The molecule has 0 unspecified atom stereocenters. The number of esters is 1. The van der Waals surface area contributed by atoms with Gasteiger partial charge in [0.05, 0.1) is 18.9 Å². The molecule has 2 heterocycles. The zero-order valence-electron chi connectivity index (χ0n) is 14.9. The fourth-order valence-electron chi connectivity index (χ4n) is 3.90. The number of piperidine rings is 1. The number of carbonyl (C=O) groups is 1. The normalized spacial score (nSPS) is 20.9. The van der Waals surface area contributed by atoms with Gasteiger partial charge in [0.2, 0.25) is 0 Å². The van der Waals surface area contributed by atoms with E-state index in [2.05, 4.69) is 38.7 Å². The van der Waals surface area contributed by atoms with E-state index >= 15 is 0 Å². The molecule has 0 spiro atoms. The van der Waals surface area contributed by atoms with Gasteiger partial charge in [0.15, 0.2) is 0 Å². The second kappa shape index (κ2) is 6.01. The lowest BCUT2D eigenvalue weighted by molar-refractivity contribution is -0.0804. The Hall–Kier alpha value is -1.80. The third-order valence-electron chi connectivity index (χ3n) is 4.78. The fourth-order valence-corrected chi connectivity index (χ4v) is 3.90. The highest BCUT2D eigenvalue weighted by atomic mass is 16.5. The van der Waals surface area contributed by atoms with Crippen molar-refractivity contribution in [3.8, 4) is 6.07 Å². The minimum absolute atomic E-state index is 0.170. The van der Waals surface area contributed by atoms with E-state index < -0.39 is 0 Å². The molecule has 1 fully saturated rings. The summed E-state index contributed by atoms with van der Waals surface area (Å²) in [5.74, 6) is 0.270. The molecule has 0 radical (unpaired) electrons. The molecule has 0 bridgehead atoms. The van der Waals surface area contributed by atoms with Crippen LogP contribution in [0, 0.1) is 25.2 Å². The summed E-state index contributed by atoms with van der Waals surface area (Å²) in [6, 6.07) is 2.25. The molecule has 1 aromatic rings. The van der Waals surface area contributed by atoms with Gasteiger partial charge >= 0.3 is 5.97 Å². The molecule has 0 N–H and O–H groups in total.